The molecule has 1 aromatic heterocycles. The lowest BCUT2D eigenvalue weighted by Crippen LogP contribution is -2.28. The molecule has 51 heavy (non-hydrogen) atoms. The number of aromatic nitrogens is 3. The predicted molar refractivity (Wildman–Crippen MR) is 204 cm³/mol. The van der Waals surface area contributed by atoms with Gasteiger partial charge in [-0.25, -0.2) is 15.0 Å². The molecule has 0 atom stereocenters. The fourth-order valence-corrected chi connectivity index (χ4v) is 7.56. The number of benzene rings is 7. The number of nitrogens with zero attached hydrogens (tertiary/aromatic N) is 4. The molecule has 0 aliphatic heterocycles. The van der Waals surface area contributed by atoms with Crippen LogP contribution in [0.3, 0.4) is 0 Å². The number of hydrogen-bond donors (Lipinski definition) is 0. The second-order valence-electron chi connectivity index (χ2n) is 12.7. The lowest BCUT2D eigenvalue weighted by Gasteiger charge is -2.34. The summed E-state index contributed by atoms with van der Waals surface area (Å²) in [5, 5.41) is 9.51. The van der Waals surface area contributed by atoms with E-state index >= 15 is 0 Å². The van der Waals surface area contributed by atoms with E-state index in [9.17, 15) is 5.26 Å². The van der Waals surface area contributed by atoms with Crippen LogP contribution in [0, 0.1) is 11.3 Å². The smallest absolute Gasteiger partial charge is 0.164 e. The summed E-state index contributed by atoms with van der Waals surface area (Å²) in [5.74, 6) is 1.78. The van der Waals surface area contributed by atoms with Crippen LogP contribution >= 0.6 is 0 Å². The number of nitriles is 1. The second-order valence-corrected chi connectivity index (χ2v) is 12.7. The zero-order chi connectivity index (χ0) is 34.2. The molecule has 0 fully saturated rings. The van der Waals surface area contributed by atoms with Gasteiger partial charge >= 0.3 is 0 Å². The Bertz CT molecular complexity index is 2560. The SMILES string of the molecule is N#Cc1cccc(-c2cccc(-c3nc(-c4ccccc4)nc(-c4cccc(C5(c6ccccc6)c6ccccc6-c6ccccc65)c4)n3)c2)c1. The maximum Gasteiger partial charge on any atom is 0.164 e. The Labute approximate surface area is 297 Å². The first-order chi connectivity index (χ1) is 25.2. The van der Waals surface area contributed by atoms with Crippen LogP contribution < -0.4 is 0 Å². The lowest BCUT2D eigenvalue weighted by atomic mass is 9.67. The largest absolute Gasteiger partial charge is 0.208 e. The van der Waals surface area contributed by atoms with Crippen molar-refractivity contribution in [3.63, 3.8) is 0 Å². The van der Waals surface area contributed by atoms with Gasteiger partial charge in [0, 0.05) is 16.7 Å². The fraction of sp³-hybridized carbons (Fsp3) is 0.0213. The van der Waals surface area contributed by atoms with Crippen LogP contribution in [0.15, 0.2) is 182 Å². The molecule has 0 saturated carbocycles. The molecule has 1 aliphatic carbocycles. The highest BCUT2D eigenvalue weighted by Gasteiger charge is 2.45. The zero-order valence-corrected chi connectivity index (χ0v) is 27.6. The van der Waals surface area contributed by atoms with Crippen molar-refractivity contribution in [1.82, 2.24) is 15.0 Å². The van der Waals surface area contributed by atoms with E-state index in [1.165, 1.54) is 27.8 Å². The summed E-state index contributed by atoms with van der Waals surface area (Å²) < 4.78 is 0. The van der Waals surface area contributed by atoms with Crippen LogP contribution in [0.2, 0.25) is 0 Å². The molecule has 0 amide bonds. The Morgan fingerprint density at radius 2 is 0.824 bits per heavy atom. The number of fused-ring (bicyclic) bond motifs is 3. The first-order valence-electron chi connectivity index (χ1n) is 17.0. The Balaban J connectivity index is 1.25. The highest BCUT2D eigenvalue weighted by atomic mass is 15.0. The average molecular weight is 651 g/mol. The Hall–Kier alpha value is -6.96. The number of hydrogen-bond acceptors (Lipinski definition) is 4. The van der Waals surface area contributed by atoms with Gasteiger partial charge in [-0.15, -0.1) is 0 Å². The van der Waals surface area contributed by atoms with Gasteiger partial charge in [0.25, 0.3) is 0 Å². The third kappa shape index (κ3) is 5.12. The van der Waals surface area contributed by atoms with Crippen molar-refractivity contribution in [3.8, 4) is 62.5 Å². The normalized spacial score (nSPS) is 12.5. The molecule has 1 aliphatic rings. The van der Waals surface area contributed by atoms with Crippen LogP contribution in [-0.4, -0.2) is 15.0 Å². The second kappa shape index (κ2) is 12.5. The van der Waals surface area contributed by atoms with Crippen molar-refractivity contribution in [2.45, 2.75) is 5.41 Å². The Kier molecular flexibility index (Phi) is 7.38. The summed E-state index contributed by atoms with van der Waals surface area (Å²) in [4.78, 5) is 15.3. The monoisotopic (exact) mass is 650 g/mol. The zero-order valence-electron chi connectivity index (χ0n) is 27.6. The number of rotatable bonds is 6. The quantitative estimate of drug-likeness (QED) is 0.180. The standard InChI is InChI=1S/C47H30N4/c48-31-32-14-11-17-34(28-32)35-18-12-19-36(29-35)45-49-44(33-15-3-1-4-16-33)50-46(51-45)37-20-13-23-39(30-37)47(38-21-5-2-6-22-38)42-26-9-7-24-40(42)41-25-8-10-27-43(41)47/h1-30H. The van der Waals surface area contributed by atoms with E-state index in [0.717, 1.165) is 33.4 Å². The summed E-state index contributed by atoms with van der Waals surface area (Å²) in [6.07, 6.45) is 0. The molecule has 0 unspecified atom stereocenters. The van der Waals surface area contributed by atoms with E-state index in [0.29, 0.717) is 23.0 Å². The molecule has 0 saturated heterocycles. The van der Waals surface area contributed by atoms with Crippen molar-refractivity contribution in [1.29, 1.82) is 5.26 Å². The molecular weight excluding hydrogens is 621 g/mol. The van der Waals surface area contributed by atoms with E-state index in [1.54, 1.807) is 0 Å². The summed E-state index contributed by atoms with van der Waals surface area (Å²) in [6, 6.07) is 65.1. The van der Waals surface area contributed by atoms with Gasteiger partial charge in [-0.1, -0.05) is 158 Å². The Morgan fingerprint density at radius 1 is 0.373 bits per heavy atom. The lowest BCUT2D eigenvalue weighted by molar-refractivity contribution is 0.768. The third-order valence-electron chi connectivity index (χ3n) is 9.83. The van der Waals surface area contributed by atoms with Gasteiger partial charge in [0.1, 0.15) is 0 Å². The minimum atomic E-state index is -0.533. The van der Waals surface area contributed by atoms with Crippen LogP contribution in [-0.2, 0) is 5.41 Å². The molecule has 4 nitrogen and oxygen atoms in total. The van der Waals surface area contributed by atoms with Gasteiger partial charge in [0.05, 0.1) is 17.0 Å². The van der Waals surface area contributed by atoms with Gasteiger partial charge in [0.15, 0.2) is 17.5 Å². The van der Waals surface area contributed by atoms with E-state index in [4.69, 9.17) is 15.0 Å². The van der Waals surface area contributed by atoms with Gasteiger partial charge in [-0.05, 0) is 68.8 Å². The summed E-state index contributed by atoms with van der Waals surface area (Å²) in [7, 11) is 0. The molecule has 9 rings (SSSR count). The molecule has 0 bridgehead atoms. The average Bonchev–Trinajstić information content (AvgIpc) is 3.52. The molecular formula is C47H30N4. The highest BCUT2D eigenvalue weighted by molar-refractivity contribution is 5.86. The summed E-state index contributed by atoms with van der Waals surface area (Å²) >= 11 is 0. The minimum Gasteiger partial charge on any atom is -0.208 e. The molecule has 0 radical (unpaired) electrons. The first-order valence-corrected chi connectivity index (χ1v) is 17.0. The third-order valence-corrected chi connectivity index (χ3v) is 9.83. The van der Waals surface area contributed by atoms with Crippen molar-refractivity contribution in [3.05, 3.63) is 210 Å². The topological polar surface area (TPSA) is 62.5 Å². The van der Waals surface area contributed by atoms with Crippen molar-refractivity contribution >= 4 is 0 Å². The molecule has 0 spiro atoms. The summed E-state index contributed by atoms with van der Waals surface area (Å²) in [6.45, 7) is 0. The maximum atomic E-state index is 9.51. The van der Waals surface area contributed by atoms with Crippen molar-refractivity contribution in [2.75, 3.05) is 0 Å². The molecule has 238 valence electrons. The van der Waals surface area contributed by atoms with E-state index in [2.05, 4.69) is 115 Å². The van der Waals surface area contributed by atoms with E-state index < -0.39 is 5.41 Å². The van der Waals surface area contributed by atoms with Crippen molar-refractivity contribution < 1.29 is 0 Å². The maximum absolute atomic E-state index is 9.51. The van der Waals surface area contributed by atoms with Crippen LogP contribution in [0.1, 0.15) is 27.8 Å². The molecule has 0 N–H and O–H groups in total. The van der Waals surface area contributed by atoms with Crippen LogP contribution in [0.25, 0.3) is 56.4 Å². The van der Waals surface area contributed by atoms with E-state index in [-0.39, 0.29) is 0 Å². The van der Waals surface area contributed by atoms with Crippen LogP contribution in [0.5, 0.6) is 0 Å². The Morgan fingerprint density at radius 3 is 1.47 bits per heavy atom. The fourth-order valence-electron chi connectivity index (χ4n) is 7.56. The molecule has 7 aromatic carbocycles. The molecule has 4 heteroatoms. The first kappa shape index (κ1) is 30.1. The molecule has 1 heterocycles. The van der Waals surface area contributed by atoms with Gasteiger partial charge in [0.2, 0.25) is 0 Å². The van der Waals surface area contributed by atoms with E-state index in [1.807, 2.05) is 72.8 Å². The predicted octanol–water partition coefficient (Wildman–Crippen LogP) is 10.8. The van der Waals surface area contributed by atoms with Gasteiger partial charge in [-0.3, -0.25) is 0 Å². The minimum absolute atomic E-state index is 0.533. The molecule has 8 aromatic rings. The highest BCUT2D eigenvalue weighted by Crippen LogP contribution is 2.56. The van der Waals surface area contributed by atoms with Crippen molar-refractivity contribution in [2.24, 2.45) is 0 Å². The van der Waals surface area contributed by atoms with Crippen LogP contribution in [0.4, 0.5) is 0 Å². The van der Waals surface area contributed by atoms with Gasteiger partial charge < -0.3 is 0 Å². The van der Waals surface area contributed by atoms with Gasteiger partial charge in [-0.2, -0.15) is 5.26 Å². The summed E-state index contributed by atoms with van der Waals surface area (Å²) in [5.41, 5.74) is 12.1.